The van der Waals surface area contributed by atoms with Gasteiger partial charge in [-0.25, -0.2) is 0 Å². The number of furan rings is 1. The van der Waals surface area contributed by atoms with E-state index in [0.717, 1.165) is 39.4 Å². The number of rotatable bonds is 4. The Morgan fingerprint density at radius 2 is 1.00 bits per heavy atom. The lowest BCUT2D eigenvalue weighted by molar-refractivity contribution is 0.630. The number of fused-ring (bicyclic) bond motifs is 13. The molecule has 0 unspecified atom stereocenters. The summed E-state index contributed by atoms with van der Waals surface area (Å²) in [4.78, 5) is 5.08. The second-order valence-corrected chi connectivity index (χ2v) is 17.1. The molecule has 1 spiro atoms. The van der Waals surface area contributed by atoms with Gasteiger partial charge in [0.25, 0.3) is 0 Å². The summed E-state index contributed by atoms with van der Waals surface area (Å²) in [5, 5.41) is 1.12. The van der Waals surface area contributed by atoms with Crippen LogP contribution in [0.25, 0.3) is 44.5 Å². The van der Waals surface area contributed by atoms with E-state index in [-0.39, 0.29) is 5.41 Å². The van der Waals surface area contributed by atoms with Crippen LogP contribution in [-0.4, -0.2) is 0 Å². The molecule has 3 heteroatoms. The normalized spacial score (nSPS) is 14.7. The van der Waals surface area contributed by atoms with Crippen molar-refractivity contribution in [3.8, 4) is 33.6 Å². The highest BCUT2D eigenvalue weighted by Crippen LogP contribution is 2.63. The van der Waals surface area contributed by atoms with E-state index < -0.39 is 5.41 Å². The minimum atomic E-state index is -0.398. The van der Waals surface area contributed by atoms with Crippen LogP contribution >= 0.6 is 11.8 Å². The summed E-state index contributed by atoms with van der Waals surface area (Å²) in [6, 6.07) is 69.4. The molecule has 0 bridgehead atoms. The molecule has 3 aliphatic rings. The summed E-state index contributed by atoms with van der Waals surface area (Å²) >= 11 is 1.89. The summed E-state index contributed by atoms with van der Waals surface area (Å²) in [5.41, 5.74) is 18.0. The molecule has 0 saturated carbocycles. The molecular weight excluding hydrogens is 711 g/mol. The second kappa shape index (κ2) is 12.0. The molecule has 0 atom stereocenters. The van der Waals surface area contributed by atoms with Gasteiger partial charge in [0.15, 0.2) is 0 Å². The van der Waals surface area contributed by atoms with E-state index in [1.54, 1.807) is 0 Å². The highest BCUT2D eigenvalue weighted by molar-refractivity contribution is 7.99. The van der Waals surface area contributed by atoms with Gasteiger partial charge in [-0.05, 0) is 122 Å². The molecular formula is C54H37NOS. The quantitative estimate of drug-likeness (QED) is 0.178. The first-order valence-corrected chi connectivity index (χ1v) is 20.6. The van der Waals surface area contributed by atoms with Crippen LogP contribution in [-0.2, 0) is 10.8 Å². The van der Waals surface area contributed by atoms with Gasteiger partial charge in [-0.3, -0.25) is 0 Å². The number of benzene rings is 8. The maximum absolute atomic E-state index is 6.33. The van der Waals surface area contributed by atoms with Crippen LogP contribution in [0.2, 0.25) is 0 Å². The Bertz CT molecular complexity index is 3020. The van der Waals surface area contributed by atoms with Crippen molar-refractivity contribution in [1.82, 2.24) is 0 Å². The molecule has 2 aliphatic carbocycles. The number of hydrogen-bond acceptors (Lipinski definition) is 3. The molecule has 0 fully saturated rings. The number of para-hydroxylation sites is 2. The van der Waals surface area contributed by atoms with Gasteiger partial charge in [-0.1, -0.05) is 147 Å². The second-order valence-electron chi connectivity index (χ2n) is 16.1. The first-order chi connectivity index (χ1) is 28.0. The lowest BCUT2D eigenvalue weighted by atomic mass is 9.67. The number of anilines is 3. The van der Waals surface area contributed by atoms with Crippen LogP contribution in [0.4, 0.5) is 17.1 Å². The predicted molar refractivity (Wildman–Crippen MR) is 235 cm³/mol. The number of nitrogens with zero attached hydrogens (tertiary/aromatic N) is 1. The zero-order valence-corrected chi connectivity index (χ0v) is 32.5. The van der Waals surface area contributed by atoms with Crippen LogP contribution in [0.5, 0.6) is 0 Å². The van der Waals surface area contributed by atoms with Crippen molar-refractivity contribution in [2.75, 3.05) is 4.90 Å². The van der Waals surface area contributed by atoms with E-state index in [1.165, 1.54) is 65.4 Å². The van der Waals surface area contributed by atoms with Crippen molar-refractivity contribution in [3.05, 3.63) is 221 Å². The Balaban J connectivity index is 1.02. The largest absolute Gasteiger partial charge is 0.456 e. The lowest BCUT2D eigenvalue weighted by Gasteiger charge is -2.39. The fourth-order valence-corrected chi connectivity index (χ4v) is 11.3. The summed E-state index contributed by atoms with van der Waals surface area (Å²) in [7, 11) is 0. The topological polar surface area (TPSA) is 16.4 Å². The van der Waals surface area contributed by atoms with Crippen molar-refractivity contribution in [2.24, 2.45) is 0 Å². The Morgan fingerprint density at radius 1 is 0.421 bits per heavy atom. The molecule has 0 saturated heterocycles. The minimum Gasteiger partial charge on any atom is -0.456 e. The van der Waals surface area contributed by atoms with E-state index in [2.05, 4.69) is 195 Å². The molecule has 0 N–H and O–H groups in total. The first-order valence-electron chi connectivity index (χ1n) is 19.7. The van der Waals surface area contributed by atoms with E-state index in [0.29, 0.717) is 0 Å². The average Bonchev–Trinajstić information content (AvgIpc) is 3.89. The molecule has 0 radical (unpaired) electrons. The molecule has 1 aliphatic heterocycles. The fraction of sp³-hybridized carbons (Fsp3) is 0.0741. The van der Waals surface area contributed by atoms with E-state index in [4.69, 9.17) is 4.42 Å². The summed E-state index contributed by atoms with van der Waals surface area (Å²) in [5.74, 6) is 0.903. The molecule has 0 amide bonds. The van der Waals surface area contributed by atoms with Crippen LogP contribution in [0, 0.1) is 0 Å². The lowest BCUT2D eigenvalue weighted by Crippen LogP contribution is -2.31. The standard InChI is InChI=1S/C54H37NOS/c1-53(2)47-30-35(50-31-34-14-6-11-21-49(34)56-50)24-27-40(47)41-28-25-38(33-48(41)53)55(36-15-4-3-5-16-36)37-26-29-44-42(32-37)39-17-7-8-18-43(39)54(44)45-19-9-12-22-51(45)57-52-23-13-10-20-46(52)54/h3-33H,1-2H3. The van der Waals surface area contributed by atoms with Crippen molar-refractivity contribution in [3.63, 3.8) is 0 Å². The van der Waals surface area contributed by atoms with Crippen molar-refractivity contribution < 1.29 is 4.42 Å². The SMILES string of the molecule is CC1(C)c2cc(-c3cc4ccccc4o3)ccc2-c2ccc(N(c3ccccc3)c3ccc4c(c3)-c3ccccc3C43c4ccccc4Sc4ccccc43)cc21. The van der Waals surface area contributed by atoms with Crippen LogP contribution in [0.3, 0.4) is 0 Å². The third kappa shape index (κ3) is 4.55. The first kappa shape index (κ1) is 32.7. The summed E-state index contributed by atoms with van der Waals surface area (Å²) in [6.07, 6.45) is 0. The van der Waals surface area contributed by atoms with Gasteiger partial charge < -0.3 is 9.32 Å². The van der Waals surface area contributed by atoms with Gasteiger partial charge in [0.05, 0.1) is 5.41 Å². The Labute approximate surface area is 337 Å². The molecule has 9 aromatic rings. The van der Waals surface area contributed by atoms with Gasteiger partial charge in [0.2, 0.25) is 0 Å². The van der Waals surface area contributed by atoms with Crippen molar-refractivity contribution in [2.45, 2.75) is 34.5 Å². The van der Waals surface area contributed by atoms with Crippen LogP contribution in [0.15, 0.2) is 202 Å². The van der Waals surface area contributed by atoms with Crippen LogP contribution < -0.4 is 4.90 Å². The minimum absolute atomic E-state index is 0.214. The third-order valence-electron chi connectivity index (χ3n) is 12.7. The molecule has 2 nitrogen and oxygen atoms in total. The van der Waals surface area contributed by atoms with Gasteiger partial charge in [0.1, 0.15) is 11.3 Å². The van der Waals surface area contributed by atoms with Crippen molar-refractivity contribution in [1.29, 1.82) is 0 Å². The van der Waals surface area contributed by atoms with Gasteiger partial charge in [0, 0.05) is 43.2 Å². The van der Waals surface area contributed by atoms with Crippen molar-refractivity contribution >= 4 is 39.8 Å². The Kier molecular flexibility index (Phi) is 6.86. The maximum Gasteiger partial charge on any atom is 0.135 e. The van der Waals surface area contributed by atoms with E-state index in [1.807, 2.05) is 23.9 Å². The summed E-state index contributed by atoms with van der Waals surface area (Å²) in [6.45, 7) is 4.72. The van der Waals surface area contributed by atoms with Gasteiger partial charge in [-0.2, -0.15) is 0 Å². The highest BCUT2D eigenvalue weighted by atomic mass is 32.2. The molecule has 2 heterocycles. The van der Waals surface area contributed by atoms with E-state index >= 15 is 0 Å². The molecule has 8 aromatic carbocycles. The zero-order valence-electron chi connectivity index (χ0n) is 31.7. The maximum atomic E-state index is 6.33. The molecule has 57 heavy (non-hydrogen) atoms. The van der Waals surface area contributed by atoms with Gasteiger partial charge >= 0.3 is 0 Å². The highest BCUT2D eigenvalue weighted by Gasteiger charge is 2.50. The monoisotopic (exact) mass is 747 g/mol. The Hall–Kier alpha value is -6.55. The average molecular weight is 748 g/mol. The van der Waals surface area contributed by atoms with Gasteiger partial charge in [-0.15, -0.1) is 0 Å². The fourth-order valence-electron chi connectivity index (χ4n) is 10.2. The number of hydrogen-bond donors (Lipinski definition) is 0. The zero-order chi connectivity index (χ0) is 37.9. The summed E-state index contributed by atoms with van der Waals surface area (Å²) < 4.78 is 6.33. The van der Waals surface area contributed by atoms with Crippen LogP contribution in [0.1, 0.15) is 47.2 Å². The molecule has 12 rings (SSSR count). The Morgan fingerprint density at radius 3 is 1.77 bits per heavy atom. The van der Waals surface area contributed by atoms with E-state index in [9.17, 15) is 0 Å². The third-order valence-corrected chi connectivity index (χ3v) is 13.9. The smallest absolute Gasteiger partial charge is 0.135 e. The molecule has 1 aromatic heterocycles. The molecule has 270 valence electrons. The predicted octanol–water partition coefficient (Wildman–Crippen LogP) is 14.7.